The Kier molecular flexibility index (Phi) is 8.00. The molecule has 1 unspecified atom stereocenters. The summed E-state index contributed by atoms with van der Waals surface area (Å²) in [6.07, 6.45) is 0.630. The van der Waals surface area contributed by atoms with Gasteiger partial charge in [0.15, 0.2) is 0 Å². The van der Waals surface area contributed by atoms with E-state index in [1.165, 1.54) is 0 Å². The van der Waals surface area contributed by atoms with Crippen LogP contribution in [0.1, 0.15) is 42.6 Å². The normalized spacial score (nSPS) is 11.3. The fraction of sp³-hybridized carbons (Fsp3) is 0.400. The molecule has 0 aliphatic heterocycles. The fourth-order valence-corrected chi connectivity index (χ4v) is 2.55. The molecule has 1 heterocycles. The number of nitrogens with zero attached hydrogens (tertiary/aromatic N) is 4. The number of benzene rings is 1. The van der Waals surface area contributed by atoms with Crippen molar-refractivity contribution in [3.8, 4) is 29.6 Å². The number of H-pyrrole nitrogens is 1. The Labute approximate surface area is 158 Å². The highest BCUT2D eigenvalue weighted by molar-refractivity contribution is 5.62. The first-order chi connectivity index (χ1) is 13.2. The van der Waals surface area contributed by atoms with Gasteiger partial charge in [-0.1, -0.05) is 24.3 Å². The summed E-state index contributed by atoms with van der Waals surface area (Å²) in [6, 6.07) is 14.0. The zero-order chi connectivity index (χ0) is 19.5. The van der Waals surface area contributed by atoms with E-state index in [1.807, 2.05) is 43.3 Å². The molecule has 0 saturated carbocycles. The van der Waals surface area contributed by atoms with E-state index < -0.39 is 0 Å². The van der Waals surface area contributed by atoms with Crippen LogP contribution < -0.4 is 0 Å². The van der Waals surface area contributed by atoms with E-state index in [0.29, 0.717) is 37.6 Å². The van der Waals surface area contributed by atoms with Gasteiger partial charge in [-0.05, 0) is 12.5 Å². The van der Waals surface area contributed by atoms with E-state index in [2.05, 4.69) is 16.0 Å². The molecule has 0 spiro atoms. The number of imidazole rings is 1. The Morgan fingerprint density at radius 1 is 1.04 bits per heavy atom. The van der Waals surface area contributed by atoms with Gasteiger partial charge in [-0.3, -0.25) is 0 Å². The van der Waals surface area contributed by atoms with Crippen molar-refractivity contribution in [2.24, 2.45) is 0 Å². The molecule has 1 aromatic carbocycles. The first-order valence-corrected chi connectivity index (χ1v) is 8.67. The van der Waals surface area contributed by atoms with Gasteiger partial charge in [0.05, 0.1) is 74.8 Å². The van der Waals surface area contributed by atoms with Gasteiger partial charge in [0.1, 0.15) is 5.82 Å². The first-order valence-electron chi connectivity index (χ1n) is 8.67. The second-order valence-corrected chi connectivity index (χ2v) is 5.87. The maximum Gasteiger partial charge on any atom is 0.138 e. The molecular weight excluding hydrogens is 342 g/mol. The Bertz CT molecular complexity index is 830. The molecule has 7 nitrogen and oxygen atoms in total. The van der Waals surface area contributed by atoms with Crippen molar-refractivity contribution < 1.29 is 9.47 Å². The molecule has 7 heteroatoms. The molecule has 2 aromatic rings. The predicted molar refractivity (Wildman–Crippen MR) is 97.8 cm³/mol. The fourth-order valence-electron chi connectivity index (χ4n) is 2.55. The van der Waals surface area contributed by atoms with Crippen molar-refractivity contribution in [2.45, 2.75) is 38.9 Å². The smallest absolute Gasteiger partial charge is 0.138 e. The monoisotopic (exact) mass is 363 g/mol. The van der Waals surface area contributed by atoms with Crippen LogP contribution in [0, 0.1) is 34.0 Å². The van der Waals surface area contributed by atoms with Crippen LogP contribution in [-0.2, 0) is 22.7 Å². The minimum Gasteiger partial charge on any atom is -0.374 e. The Morgan fingerprint density at radius 2 is 1.70 bits per heavy atom. The van der Waals surface area contributed by atoms with E-state index in [1.54, 1.807) is 0 Å². The van der Waals surface area contributed by atoms with Gasteiger partial charge in [-0.2, -0.15) is 15.8 Å². The SMILES string of the molecule is CC(C#N)c1ccccc1-c1nc(COCCC#N)c(COCCC#N)[nH]1. The third kappa shape index (κ3) is 5.66. The zero-order valence-electron chi connectivity index (χ0n) is 15.2. The second kappa shape index (κ2) is 10.7. The average molecular weight is 363 g/mol. The van der Waals surface area contributed by atoms with Crippen LogP contribution in [0.4, 0.5) is 0 Å². The van der Waals surface area contributed by atoms with Crippen LogP contribution in [0.25, 0.3) is 11.4 Å². The average Bonchev–Trinajstić information content (AvgIpc) is 3.11. The quantitative estimate of drug-likeness (QED) is 0.645. The Morgan fingerprint density at radius 3 is 2.37 bits per heavy atom. The summed E-state index contributed by atoms with van der Waals surface area (Å²) in [6.45, 7) is 3.05. The van der Waals surface area contributed by atoms with Crippen LogP contribution in [0.3, 0.4) is 0 Å². The van der Waals surface area contributed by atoms with Gasteiger partial charge in [0.2, 0.25) is 0 Å². The van der Waals surface area contributed by atoms with Crippen molar-refractivity contribution in [3.63, 3.8) is 0 Å². The van der Waals surface area contributed by atoms with Crippen LogP contribution in [0.5, 0.6) is 0 Å². The van der Waals surface area contributed by atoms with Crippen LogP contribution in [0.15, 0.2) is 24.3 Å². The molecular formula is C20H21N5O2. The molecule has 0 saturated heterocycles. The molecule has 0 aliphatic rings. The highest BCUT2D eigenvalue weighted by Gasteiger charge is 2.17. The first kappa shape index (κ1) is 20.1. The lowest BCUT2D eigenvalue weighted by molar-refractivity contribution is 0.109. The molecule has 0 fully saturated rings. The third-order valence-electron chi connectivity index (χ3n) is 3.94. The van der Waals surface area contributed by atoms with E-state index >= 15 is 0 Å². The summed E-state index contributed by atoms with van der Waals surface area (Å²) in [5, 5.41) is 26.5. The summed E-state index contributed by atoms with van der Waals surface area (Å²) in [7, 11) is 0. The number of hydrogen-bond donors (Lipinski definition) is 1. The van der Waals surface area contributed by atoms with Gasteiger partial charge in [-0.25, -0.2) is 4.98 Å². The Balaban J connectivity index is 2.27. The highest BCUT2D eigenvalue weighted by Crippen LogP contribution is 2.28. The van der Waals surface area contributed by atoms with Gasteiger partial charge in [0.25, 0.3) is 0 Å². The molecule has 138 valence electrons. The van der Waals surface area contributed by atoms with Crippen molar-refractivity contribution in [2.75, 3.05) is 13.2 Å². The zero-order valence-corrected chi connectivity index (χ0v) is 15.2. The summed E-state index contributed by atoms with van der Waals surface area (Å²) >= 11 is 0. The van der Waals surface area contributed by atoms with Gasteiger partial charge >= 0.3 is 0 Å². The van der Waals surface area contributed by atoms with Crippen molar-refractivity contribution >= 4 is 0 Å². The third-order valence-corrected chi connectivity index (χ3v) is 3.94. The summed E-state index contributed by atoms with van der Waals surface area (Å²) < 4.78 is 11.0. The molecule has 0 amide bonds. The maximum atomic E-state index is 9.28. The summed E-state index contributed by atoms with van der Waals surface area (Å²) in [5.74, 6) is 0.377. The van der Waals surface area contributed by atoms with Crippen molar-refractivity contribution in [3.05, 3.63) is 41.2 Å². The van der Waals surface area contributed by atoms with E-state index in [9.17, 15) is 5.26 Å². The van der Waals surface area contributed by atoms with Crippen LogP contribution in [0.2, 0.25) is 0 Å². The number of rotatable bonds is 10. The second-order valence-electron chi connectivity index (χ2n) is 5.87. The number of ether oxygens (including phenoxy) is 2. The molecule has 2 rings (SSSR count). The number of nitriles is 3. The van der Waals surface area contributed by atoms with Gasteiger partial charge < -0.3 is 14.5 Å². The number of aromatic amines is 1. The van der Waals surface area contributed by atoms with Crippen LogP contribution >= 0.6 is 0 Å². The summed E-state index contributed by atoms with van der Waals surface area (Å²) in [4.78, 5) is 7.90. The van der Waals surface area contributed by atoms with Crippen molar-refractivity contribution in [1.29, 1.82) is 15.8 Å². The maximum absolute atomic E-state index is 9.28. The van der Waals surface area contributed by atoms with E-state index in [-0.39, 0.29) is 19.1 Å². The minimum atomic E-state index is -0.267. The lowest BCUT2D eigenvalue weighted by Crippen LogP contribution is -2.01. The largest absolute Gasteiger partial charge is 0.374 e. The summed E-state index contributed by atoms with van der Waals surface area (Å²) in [5.41, 5.74) is 3.20. The predicted octanol–water partition coefficient (Wildman–Crippen LogP) is 3.56. The number of aromatic nitrogens is 2. The van der Waals surface area contributed by atoms with Gasteiger partial charge in [0, 0.05) is 5.56 Å². The topological polar surface area (TPSA) is 119 Å². The lowest BCUT2D eigenvalue weighted by Gasteiger charge is -2.08. The van der Waals surface area contributed by atoms with E-state index in [0.717, 1.165) is 16.8 Å². The lowest BCUT2D eigenvalue weighted by atomic mass is 9.96. The molecule has 1 N–H and O–H groups in total. The van der Waals surface area contributed by atoms with E-state index in [4.69, 9.17) is 20.0 Å². The standard InChI is InChI=1S/C20H21N5O2/c1-15(12-23)16-6-2-3-7-17(16)20-24-18(13-26-10-4-8-21)19(25-20)14-27-11-5-9-22/h2-3,6-7,15H,4-5,10-11,13-14H2,1H3,(H,24,25). The molecule has 0 aliphatic carbocycles. The minimum absolute atomic E-state index is 0.255. The molecule has 0 radical (unpaired) electrons. The van der Waals surface area contributed by atoms with Crippen molar-refractivity contribution in [1.82, 2.24) is 9.97 Å². The molecule has 1 atom stereocenters. The van der Waals surface area contributed by atoms with Gasteiger partial charge in [-0.15, -0.1) is 0 Å². The highest BCUT2D eigenvalue weighted by atomic mass is 16.5. The molecule has 1 aromatic heterocycles. The number of hydrogen-bond acceptors (Lipinski definition) is 6. The molecule has 0 bridgehead atoms. The number of nitrogens with one attached hydrogen (secondary N) is 1. The van der Waals surface area contributed by atoms with Crippen LogP contribution in [-0.4, -0.2) is 23.2 Å². The Hall–Kier alpha value is -3.18. The molecule has 27 heavy (non-hydrogen) atoms.